The van der Waals surface area contributed by atoms with Crippen LogP contribution in [0.15, 0.2) is 53.1 Å². The molecule has 0 spiro atoms. The van der Waals surface area contributed by atoms with E-state index in [2.05, 4.69) is 36.1 Å². The van der Waals surface area contributed by atoms with Crippen LogP contribution in [0, 0.1) is 5.82 Å². The summed E-state index contributed by atoms with van der Waals surface area (Å²) in [6.07, 6.45) is 5.48. The molecule has 3 aromatic rings. The zero-order chi connectivity index (χ0) is 21.8. The fraction of sp³-hybridized carbons (Fsp3) is 0.261. The average molecular weight is 485 g/mol. The van der Waals surface area contributed by atoms with Crippen LogP contribution in [-0.4, -0.2) is 27.9 Å². The topological polar surface area (TPSA) is 76.0 Å². The van der Waals surface area contributed by atoms with E-state index in [-0.39, 0.29) is 24.4 Å². The fourth-order valence-corrected chi connectivity index (χ4v) is 4.08. The molecule has 0 fully saturated rings. The van der Waals surface area contributed by atoms with Gasteiger partial charge >= 0.3 is 0 Å². The fourth-order valence-electron chi connectivity index (χ4n) is 3.65. The largest absolute Gasteiger partial charge is 0.351 e. The number of carbonyl (C=O) groups is 2. The summed E-state index contributed by atoms with van der Waals surface area (Å²) in [6.45, 7) is 1.13. The SMILES string of the molecule is O=C(CCNC(=O)c1cc(F)ccc1Br)Nc1ccc(-c2ncc3n2CCCC3)cc1. The van der Waals surface area contributed by atoms with E-state index in [0.29, 0.717) is 10.2 Å². The maximum atomic E-state index is 13.3. The monoisotopic (exact) mass is 484 g/mol. The molecular weight excluding hydrogens is 463 g/mol. The Labute approximate surface area is 188 Å². The van der Waals surface area contributed by atoms with Crippen molar-refractivity contribution >= 4 is 33.4 Å². The number of halogens is 2. The summed E-state index contributed by atoms with van der Waals surface area (Å²) in [5, 5.41) is 5.46. The van der Waals surface area contributed by atoms with Gasteiger partial charge < -0.3 is 15.2 Å². The van der Waals surface area contributed by atoms with Gasteiger partial charge in [0.25, 0.3) is 5.91 Å². The van der Waals surface area contributed by atoms with Gasteiger partial charge in [-0.15, -0.1) is 0 Å². The number of aryl methyl sites for hydroxylation is 1. The second-order valence-electron chi connectivity index (χ2n) is 7.44. The second kappa shape index (κ2) is 9.43. The number of aromatic nitrogens is 2. The van der Waals surface area contributed by atoms with E-state index in [9.17, 15) is 14.0 Å². The minimum atomic E-state index is -0.495. The highest BCUT2D eigenvalue weighted by atomic mass is 79.9. The number of fused-ring (bicyclic) bond motifs is 1. The summed E-state index contributed by atoms with van der Waals surface area (Å²) in [5.41, 5.74) is 3.15. The molecule has 0 radical (unpaired) electrons. The van der Waals surface area contributed by atoms with Crippen LogP contribution < -0.4 is 10.6 Å². The molecule has 1 aliphatic rings. The van der Waals surface area contributed by atoms with Crippen LogP contribution in [0.1, 0.15) is 35.3 Å². The molecule has 4 rings (SSSR count). The lowest BCUT2D eigenvalue weighted by Crippen LogP contribution is -2.28. The first-order valence-corrected chi connectivity index (χ1v) is 11.0. The van der Waals surface area contributed by atoms with Gasteiger partial charge in [0.1, 0.15) is 11.6 Å². The molecule has 1 aromatic heterocycles. The molecule has 0 atom stereocenters. The van der Waals surface area contributed by atoms with Crippen LogP contribution in [0.4, 0.5) is 10.1 Å². The summed E-state index contributed by atoms with van der Waals surface area (Å²) < 4.78 is 16.1. The Hall–Kier alpha value is -3.00. The molecule has 2 N–H and O–H groups in total. The predicted molar refractivity (Wildman–Crippen MR) is 120 cm³/mol. The van der Waals surface area contributed by atoms with Gasteiger partial charge in [-0.1, -0.05) is 0 Å². The number of nitrogens with one attached hydrogen (secondary N) is 2. The smallest absolute Gasteiger partial charge is 0.252 e. The maximum Gasteiger partial charge on any atom is 0.252 e. The van der Waals surface area contributed by atoms with Crippen LogP contribution in [0.3, 0.4) is 0 Å². The summed E-state index contributed by atoms with van der Waals surface area (Å²) in [7, 11) is 0. The standard InChI is InChI=1S/C23H22BrFN4O2/c24-20-9-6-16(25)13-19(20)23(31)26-11-10-21(30)28-17-7-4-15(5-8-17)22-27-14-18-3-1-2-12-29(18)22/h4-9,13-14H,1-3,10-12H2,(H,26,31)(H,28,30). The quantitative estimate of drug-likeness (QED) is 0.538. The Balaban J connectivity index is 1.29. The molecule has 31 heavy (non-hydrogen) atoms. The average Bonchev–Trinajstić information content (AvgIpc) is 3.20. The van der Waals surface area contributed by atoms with Gasteiger partial charge in [-0.25, -0.2) is 9.37 Å². The highest BCUT2D eigenvalue weighted by Crippen LogP contribution is 2.25. The van der Waals surface area contributed by atoms with Gasteiger partial charge in [0, 0.05) is 47.1 Å². The van der Waals surface area contributed by atoms with Crippen molar-refractivity contribution in [2.75, 3.05) is 11.9 Å². The summed E-state index contributed by atoms with van der Waals surface area (Å²) in [6, 6.07) is 11.5. The van der Waals surface area contributed by atoms with E-state index in [1.165, 1.54) is 24.2 Å². The van der Waals surface area contributed by atoms with E-state index in [0.717, 1.165) is 36.8 Å². The number of nitrogens with zero attached hydrogens (tertiary/aromatic N) is 2. The Kier molecular flexibility index (Phi) is 6.46. The van der Waals surface area contributed by atoms with E-state index >= 15 is 0 Å². The van der Waals surface area contributed by atoms with Crippen molar-refractivity contribution in [3.05, 3.63) is 70.2 Å². The van der Waals surface area contributed by atoms with E-state index < -0.39 is 11.7 Å². The second-order valence-corrected chi connectivity index (χ2v) is 8.29. The summed E-state index contributed by atoms with van der Waals surface area (Å²) in [5.74, 6) is -0.194. The number of benzene rings is 2. The predicted octanol–water partition coefficient (Wildman–Crippen LogP) is 4.55. The van der Waals surface area contributed by atoms with Crippen molar-refractivity contribution < 1.29 is 14.0 Å². The molecule has 160 valence electrons. The highest BCUT2D eigenvalue weighted by Gasteiger charge is 2.15. The third kappa shape index (κ3) is 5.02. The van der Waals surface area contributed by atoms with Crippen molar-refractivity contribution in [3.8, 4) is 11.4 Å². The number of anilines is 1. The first-order valence-electron chi connectivity index (χ1n) is 10.2. The molecule has 0 unspecified atom stereocenters. The van der Waals surface area contributed by atoms with Crippen LogP contribution in [0.25, 0.3) is 11.4 Å². The number of rotatable bonds is 6. The molecule has 2 heterocycles. The first kappa shape index (κ1) is 21.2. The summed E-state index contributed by atoms with van der Waals surface area (Å²) >= 11 is 3.22. The van der Waals surface area contributed by atoms with Gasteiger partial charge in [-0.2, -0.15) is 0 Å². The number of amides is 2. The van der Waals surface area contributed by atoms with E-state index in [1.807, 2.05) is 30.5 Å². The lowest BCUT2D eigenvalue weighted by atomic mass is 10.1. The number of hydrogen-bond donors (Lipinski definition) is 2. The van der Waals surface area contributed by atoms with Crippen LogP contribution in [-0.2, 0) is 17.8 Å². The molecule has 0 saturated carbocycles. The molecular formula is C23H22BrFN4O2. The van der Waals surface area contributed by atoms with Gasteiger partial charge in [-0.05, 0) is 77.7 Å². The molecule has 2 amide bonds. The Morgan fingerprint density at radius 3 is 2.74 bits per heavy atom. The first-order chi connectivity index (χ1) is 15.0. The lowest BCUT2D eigenvalue weighted by molar-refractivity contribution is -0.116. The van der Waals surface area contributed by atoms with Crippen molar-refractivity contribution in [3.63, 3.8) is 0 Å². The van der Waals surface area contributed by atoms with Crippen molar-refractivity contribution in [1.82, 2.24) is 14.9 Å². The van der Waals surface area contributed by atoms with Gasteiger partial charge in [0.2, 0.25) is 5.91 Å². The molecule has 0 saturated heterocycles. The third-order valence-electron chi connectivity index (χ3n) is 5.24. The zero-order valence-electron chi connectivity index (χ0n) is 16.8. The molecule has 2 aromatic carbocycles. The minimum Gasteiger partial charge on any atom is -0.351 e. The van der Waals surface area contributed by atoms with Crippen LogP contribution in [0.2, 0.25) is 0 Å². The Morgan fingerprint density at radius 2 is 1.94 bits per heavy atom. The normalized spacial score (nSPS) is 12.8. The van der Waals surface area contributed by atoms with Crippen LogP contribution >= 0.6 is 15.9 Å². The zero-order valence-corrected chi connectivity index (χ0v) is 18.4. The highest BCUT2D eigenvalue weighted by molar-refractivity contribution is 9.10. The van der Waals surface area contributed by atoms with Crippen molar-refractivity contribution in [2.24, 2.45) is 0 Å². The Bertz CT molecular complexity index is 1110. The lowest BCUT2D eigenvalue weighted by Gasteiger charge is -2.16. The number of imidazole rings is 1. The molecule has 0 aliphatic carbocycles. The molecule has 1 aliphatic heterocycles. The van der Waals surface area contributed by atoms with Gasteiger partial charge in [-0.3, -0.25) is 9.59 Å². The van der Waals surface area contributed by atoms with Gasteiger partial charge in [0.15, 0.2) is 0 Å². The molecule has 6 nitrogen and oxygen atoms in total. The molecule has 0 bridgehead atoms. The van der Waals surface area contributed by atoms with Crippen molar-refractivity contribution in [1.29, 1.82) is 0 Å². The number of carbonyl (C=O) groups excluding carboxylic acids is 2. The Morgan fingerprint density at radius 1 is 1.13 bits per heavy atom. The van der Waals surface area contributed by atoms with E-state index in [4.69, 9.17) is 0 Å². The van der Waals surface area contributed by atoms with Gasteiger partial charge in [0.05, 0.1) is 5.56 Å². The summed E-state index contributed by atoms with van der Waals surface area (Å²) in [4.78, 5) is 28.9. The number of hydrogen-bond acceptors (Lipinski definition) is 3. The maximum absolute atomic E-state index is 13.3. The third-order valence-corrected chi connectivity index (χ3v) is 5.93. The minimum absolute atomic E-state index is 0.105. The van der Waals surface area contributed by atoms with Crippen LogP contribution in [0.5, 0.6) is 0 Å². The van der Waals surface area contributed by atoms with Crippen molar-refractivity contribution in [2.45, 2.75) is 32.2 Å². The van der Waals surface area contributed by atoms with E-state index in [1.54, 1.807) is 0 Å². The molecule has 8 heteroatoms.